The topological polar surface area (TPSA) is 75.6 Å². The van der Waals surface area contributed by atoms with Crippen LogP contribution in [0, 0.1) is 0 Å². The average Bonchev–Trinajstić information content (AvgIpc) is 2.33. The SMILES string of the molecule is CCCCCCCCCCNC.COS(=O)(=O)O. The monoisotopic (exact) mass is 283 g/mol. The minimum atomic E-state index is -4.16. The maximum Gasteiger partial charge on any atom is 0.397 e. The van der Waals surface area contributed by atoms with Crippen molar-refractivity contribution in [3.05, 3.63) is 0 Å². The van der Waals surface area contributed by atoms with E-state index in [2.05, 4.69) is 16.4 Å². The molecule has 0 saturated carbocycles. The third kappa shape index (κ3) is 24.9. The highest BCUT2D eigenvalue weighted by Crippen LogP contribution is 2.07. The second-order valence-corrected chi connectivity index (χ2v) is 5.36. The fourth-order valence-electron chi connectivity index (χ4n) is 1.44. The maximum absolute atomic E-state index is 9.33. The highest BCUT2D eigenvalue weighted by molar-refractivity contribution is 7.80. The molecule has 0 fully saturated rings. The summed E-state index contributed by atoms with van der Waals surface area (Å²) in [5, 5.41) is 3.18. The predicted molar refractivity (Wildman–Crippen MR) is 75.1 cm³/mol. The summed E-state index contributed by atoms with van der Waals surface area (Å²) < 4.78 is 29.7. The van der Waals surface area contributed by atoms with Crippen LogP contribution in [0.1, 0.15) is 58.3 Å². The first-order valence-corrected chi connectivity index (χ1v) is 8.02. The molecule has 0 spiro atoms. The third-order valence-electron chi connectivity index (χ3n) is 2.49. The third-order valence-corrected chi connectivity index (χ3v) is 2.91. The molecule has 0 atom stereocenters. The van der Waals surface area contributed by atoms with Crippen LogP contribution in [-0.4, -0.2) is 33.7 Å². The Morgan fingerprint density at radius 1 is 1.00 bits per heavy atom. The highest BCUT2D eigenvalue weighted by atomic mass is 32.3. The van der Waals surface area contributed by atoms with Gasteiger partial charge in [0.05, 0.1) is 7.11 Å². The van der Waals surface area contributed by atoms with Gasteiger partial charge >= 0.3 is 10.4 Å². The molecule has 0 heterocycles. The van der Waals surface area contributed by atoms with Gasteiger partial charge in [-0.25, -0.2) is 0 Å². The van der Waals surface area contributed by atoms with Crippen LogP contribution < -0.4 is 5.32 Å². The Kier molecular flexibility index (Phi) is 16.7. The molecule has 0 aromatic rings. The molecule has 0 aliphatic rings. The van der Waals surface area contributed by atoms with Crippen molar-refractivity contribution in [1.29, 1.82) is 0 Å². The van der Waals surface area contributed by atoms with Crippen molar-refractivity contribution in [2.75, 3.05) is 20.7 Å². The first-order valence-electron chi connectivity index (χ1n) is 6.65. The van der Waals surface area contributed by atoms with E-state index >= 15 is 0 Å². The Balaban J connectivity index is 0. The second kappa shape index (κ2) is 14.9. The van der Waals surface area contributed by atoms with Crippen molar-refractivity contribution in [3.8, 4) is 0 Å². The van der Waals surface area contributed by atoms with Gasteiger partial charge in [-0.15, -0.1) is 0 Å². The van der Waals surface area contributed by atoms with Crippen molar-refractivity contribution >= 4 is 10.4 Å². The van der Waals surface area contributed by atoms with Gasteiger partial charge in [0.25, 0.3) is 0 Å². The number of unbranched alkanes of at least 4 members (excludes halogenated alkanes) is 7. The van der Waals surface area contributed by atoms with E-state index in [0.29, 0.717) is 0 Å². The number of nitrogens with one attached hydrogen (secondary N) is 1. The van der Waals surface area contributed by atoms with E-state index in [0.717, 1.165) is 7.11 Å². The van der Waals surface area contributed by atoms with Crippen molar-refractivity contribution in [3.63, 3.8) is 0 Å². The highest BCUT2D eigenvalue weighted by Gasteiger charge is 1.94. The summed E-state index contributed by atoms with van der Waals surface area (Å²) in [5.41, 5.74) is 0. The zero-order chi connectivity index (χ0) is 14.3. The van der Waals surface area contributed by atoms with Gasteiger partial charge in [-0.05, 0) is 20.0 Å². The van der Waals surface area contributed by atoms with E-state index in [4.69, 9.17) is 4.55 Å². The molecule has 0 radical (unpaired) electrons. The summed E-state index contributed by atoms with van der Waals surface area (Å²) >= 11 is 0. The average molecular weight is 283 g/mol. The fraction of sp³-hybridized carbons (Fsp3) is 1.00. The minimum Gasteiger partial charge on any atom is -0.320 e. The summed E-state index contributed by atoms with van der Waals surface area (Å²) in [7, 11) is -1.26. The molecule has 5 nitrogen and oxygen atoms in total. The lowest BCUT2D eigenvalue weighted by molar-refractivity contribution is 0.324. The van der Waals surface area contributed by atoms with Crippen LogP contribution in [0.25, 0.3) is 0 Å². The molecule has 2 N–H and O–H groups in total. The summed E-state index contributed by atoms with van der Waals surface area (Å²) in [4.78, 5) is 0. The van der Waals surface area contributed by atoms with Gasteiger partial charge in [0, 0.05) is 0 Å². The van der Waals surface area contributed by atoms with Crippen LogP contribution in [0.3, 0.4) is 0 Å². The Morgan fingerprint density at radius 3 is 1.72 bits per heavy atom. The molecule has 112 valence electrons. The molecule has 0 rings (SSSR count). The normalized spacial score (nSPS) is 10.9. The molecule has 0 bridgehead atoms. The Morgan fingerprint density at radius 2 is 1.39 bits per heavy atom. The van der Waals surface area contributed by atoms with Gasteiger partial charge in [0.15, 0.2) is 0 Å². The van der Waals surface area contributed by atoms with Crippen molar-refractivity contribution < 1.29 is 17.2 Å². The van der Waals surface area contributed by atoms with Crippen LogP contribution in [0.4, 0.5) is 0 Å². The molecule has 0 unspecified atom stereocenters. The lowest BCUT2D eigenvalue weighted by Gasteiger charge is -2.00. The molecule has 18 heavy (non-hydrogen) atoms. The first-order chi connectivity index (χ1) is 8.47. The second-order valence-electron chi connectivity index (χ2n) is 4.17. The summed E-state index contributed by atoms with van der Waals surface area (Å²) in [6.45, 7) is 3.46. The van der Waals surface area contributed by atoms with E-state index in [-0.39, 0.29) is 0 Å². The van der Waals surface area contributed by atoms with Crippen LogP contribution in [0.15, 0.2) is 0 Å². The molecule has 6 heteroatoms. The molecule has 0 aromatic heterocycles. The lowest BCUT2D eigenvalue weighted by Crippen LogP contribution is -2.06. The van der Waals surface area contributed by atoms with Crippen molar-refractivity contribution in [2.24, 2.45) is 0 Å². The zero-order valence-corrected chi connectivity index (χ0v) is 12.8. The lowest BCUT2D eigenvalue weighted by atomic mass is 10.1. The summed E-state index contributed by atoms with van der Waals surface area (Å²) in [6.07, 6.45) is 11.3. The van der Waals surface area contributed by atoms with Gasteiger partial charge in [0.1, 0.15) is 0 Å². The standard InChI is InChI=1S/C11H25N.CH4O4S/c1-3-4-5-6-7-8-9-10-11-12-2;1-5-6(2,3)4/h12H,3-11H2,1-2H3;1H3,(H,2,3,4). The van der Waals surface area contributed by atoms with Gasteiger partial charge in [-0.3, -0.25) is 8.74 Å². The van der Waals surface area contributed by atoms with Gasteiger partial charge in [0.2, 0.25) is 0 Å². The molecule has 0 aromatic carbocycles. The molecular weight excluding hydrogens is 254 g/mol. The largest absolute Gasteiger partial charge is 0.397 e. The van der Waals surface area contributed by atoms with Gasteiger partial charge in [-0.1, -0.05) is 51.9 Å². The van der Waals surface area contributed by atoms with E-state index in [9.17, 15) is 8.42 Å². The van der Waals surface area contributed by atoms with Crippen molar-refractivity contribution in [2.45, 2.75) is 58.3 Å². The summed E-state index contributed by atoms with van der Waals surface area (Å²) in [6, 6.07) is 0. The van der Waals surface area contributed by atoms with E-state index in [1.54, 1.807) is 0 Å². The minimum absolute atomic E-state index is 0.870. The number of hydrogen-bond donors (Lipinski definition) is 2. The molecule has 0 amide bonds. The smallest absolute Gasteiger partial charge is 0.320 e. The Hall–Kier alpha value is -0.170. The van der Waals surface area contributed by atoms with Crippen LogP contribution >= 0.6 is 0 Å². The molecular formula is C12H29NO4S. The van der Waals surface area contributed by atoms with Gasteiger partial charge in [-0.2, -0.15) is 8.42 Å². The van der Waals surface area contributed by atoms with Crippen molar-refractivity contribution in [1.82, 2.24) is 5.32 Å². The summed E-state index contributed by atoms with van der Waals surface area (Å²) in [5.74, 6) is 0. The quantitative estimate of drug-likeness (QED) is 0.476. The number of rotatable bonds is 10. The molecule has 0 aliphatic heterocycles. The maximum atomic E-state index is 9.33. The Labute approximate surface area is 112 Å². The van der Waals surface area contributed by atoms with Crippen LogP contribution in [0.2, 0.25) is 0 Å². The fourth-order valence-corrected chi connectivity index (χ4v) is 1.44. The Bertz CT molecular complexity index is 232. The first kappa shape index (κ1) is 20.2. The van der Waals surface area contributed by atoms with E-state index in [1.807, 2.05) is 7.05 Å². The molecule has 0 aliphatic carbocycles. The predicted octanol–water partition coefficient (Wildman–Crippen LogP) is 2.78. The molecule has 0 saturated heterocycles. The number of hydrogen-bond acceptors (Lipinski definition) is 4. The van der Waals surface area contributed by atoms with Gasteiger partial charge < -0.3 is 5.32 Å². The van der Waals surface area contributed by atoms with E-state index in [1.165, 1.54) is 57.9 Å². The zero-order valence-electron chi connectivity index (χ0n) is 11.9. The van der Waals surface area contributed by atoms with Crippen LogP contribution in [0.5, 0.6) is 0 Å². The van der Waals surface area contributed by atoms with E-state index < -0.39 is 10.4 Å². The van der Waals surface area contributed by atoms with Crippen LogP contribution in [-0.2, 0) is 14.6 Å².